The fourth-order valence-corrected chi connectivity index (χ4v) is 3.71. The zero-order valence-electron chi connectivity index (χ0n) is 15.4. The molecule has 3 heterocycles. The number of pyridine rings is 1. The molecule has 1 aliphatic heterocycles. The van der Waals surface area contributed by atoms with Crippen molar-refractivity contribution in [3.05, 3.63) is 71.6 Å². The van der Waals surface area contributed by atoms with Gasteiger partial charge in [-0.25, -0.2) is 14.1 Å². The molecule has 1 saturated carbocycles. The second kappa shape index (κ2) is 6.44. The van der Waals surface area contributed by atoms with Crippen LogP contribution in [0.25, 0.3) is 11.0 Å². The van der Waals surface area contributed by atoms with Gasteiger partial charge in [-0.1, -0.05) is 18.2 Å². The van der Waals surface area contributed by atoms with E-state index in [9.17, 15) is 9.50 Å². The van der Waals surface area contributed by atoms with Crippen LogP contribution < -0.4 is 0 Å². The van der Waals surface area contributed by atoms with E-state index >= 15 is 0 Å². The first-order valence-corrected chi connectivity index (χ1v) is 9.31. The summed E-state index contributed by atoms with van der Waals surface area (Å²) in [4.78, 5) is 10.8. The van der Waals surface area contributed by atoms with Gasteiger partial charge < -0.3 is 10.0 Å². The zero-order chi connectivity index (χ0) is 19.3. The smallest absolute Gasteiger partial charge is 0.218 e. The van der Waals surface area contributed by atoms with Crippen LogP contribution in [0, 0.1) is 17.8 Å². The van der Waals surface area contributed by atoms with Crippen LogP contribution in [0.15, 0.2) is 53.5 Å². The number of benzene rings is 1. The van der Waals surface area contributed by atoms with Crippen LogP contribution >= 0.6 is 0 Å². The summed E-state index contributed by atoms with van der Waals surface area (Å²) in [5.74, 6) is 0.673. The molecule has 141 valence electrons. The van der Waals surface area contributed by atoms with Crippen molar-refractivity contribution in [1.29, 1.82) is 0 Å². The highest BCUT2D eigenvalue weighted by molar-refractivity contribution is 6.07. The molecule has 7 heteroatoms. The number of amidine groups is 1. The molecular formula is C21H19FN5O. The van der Waals surface area contributed by atoms with E-state index in [0.717, 1.165) is 18.2 Å². The van der Waals surface area contributed by atoms with E-state index in [-0.39, 0.29) is 24.3 Å². The SMILES string of the molecule is CN1C(c2nn(Cc3ccccc3F)c3ncccc23)=NC(O)=[C]C1C1CC1. The quantitative estimate of drug-likeness (QED) is 0.759. The second-order valence-corrected chi connectivity index (χ2v) is 7.27. The Hall–Kier alpha value is -3.22. The first-order chi connectivity index (χ1) is 13.6. The van der Waals surface area contributed by atoms with Crippen molar-refractivity contribution in [1.82, 2.24) is 19.7 Å². The van der Waals surface area contributed by atoms with Crippen molar-refractivity contribution < 1.29 is 9.50 Å². The zero-order valence-corrected chi connectivity index (χ0v) is 15.4. The summed E-state index contributed by atoms with van der Waals surface area (Å²) in [5.41, 5.74) is 1.81. The molecule has 1 fully saturated rings. The lowest BCUT2D eigenvalue weighted by molar-refractivity contribution is 0.324. The van der Waals surface area contributed by atoms with Crippen LogP contribution in [0.1, 0.15) is 24.1 Å². The summed E-state index contributed by atoms with van der Waals surface area (Å²) in [6.45, 7) is 0.261. The van der Waals surface area contributed by atoms with Gasteiger partial charge in [0.2, 0.25) is 5.88 Å². The van der Waals surface area contributed by atoms with E-state index in [4.69, 9.17) is 5.10 Å². The van der Waals surface area contributed by atoms with Crippen LogP contribution in [0.4, 0.5) is 4.39 Å². The monoisotopic (exact) mass is 376 g/mol. The van der Waals surface area contributed by atoms with Gasteiger partial charge in [-0.05, 0) is 37.0 Å². The molecule has 1 unspecified atom stereocenters. The highest BCUT2D eigenvalue weighted by Crippen LogP contribution is 2.37. The average Bonchev–Trinajstić information content (AvgIpc) is 3.48. The summed E-state index contributed by atoms with van der Waals surface area (Å²) in [6.07, 6.45) is 6.97. The number of rotatable bonds is 4. The number of fused-ring (bicyclic) bond motifs is 1. The lowest BCUT2D eigenvalue weighted by Crippen LogP contribution is -2.41. The molecule has 5 rings (SSSR count). The topological polar surface area (TPSA) is 66.5 Å². The molecule has 0 spiro atoms. The third kappa shape index (κ3) is 2.83. The molecule has 1 aliphatic carbocycles. The predicted octanol–water partition coefficient (Wildman–Crippen LogP) is 3.29. The van der Waals surface area contributed by atoms with Gasteiger partial charge in [0, 0.05) is 24.9 Å². The summed E-state index contributed by atoms with van der Waals surface area (Å²) in [6, 6.07) is 10.4. The van der Waals surface area contributed by atoms with Gasteiger partial charge in [-0.3, -0.25) is 0 Å². The van der Waals surface area contributed by atoms with Crippen LogP contribution in [0.5, 0.6) is 0 Å². The highest BCUT2D eigenvalue weighted by Gasteiger charge is 2.38. The fourth-order valence-electron chi connectivity index (χ4n) is 3.71. The standard InChI is InChI=1S/C21H19FN5O/c1-26-17(13-8-9-13)11-18(28)24-21(26)19-15-6-4-10-23-20(15)27(25-19)12-14-5-2-3-7-16(14)22/h2-7,10,13,17,28H,8-9,12H2,1H3. The maximum atomic E-state index is 14.2. The Labute approximate surface area is 161 Å². The van der Waals surface area contributed by atoms with E-state index in [1.165, 1.54) is 6.07 Å². The van der Waals surface area contributed by atoms with Crippen molar-refractivity contribution in [2.24, 2.45) is 10.9 Å². The normalized spacial score (nSPS) is 19.6. The third-order valence-electron chi connectivity index (χ3n) is 5.31. The van der Waals surface area contributed by atoms with Crippen molar-refractivity contribution in [2.45, 2.75) is 25.4 Å². The molecule has 2 aliphatic rings. The molecule has 6 nitrogen and oxygen atoms in total. The molecule has 1 atom stereocenters. The minimum Gasteiger partial charge on any atom is -0.493 e. The summed E-state index contributed by atoms with van der Waals surface area (Å²) >= 11 is 0. The minimum atomic E-state index is -0.278. The van der Waals surface area contributed by atoms with Gasteiger partial charge in [0.15, 0.2) is 11.5 Å². The Morgan fingerprint density at radius 3 is 2.82 bits per heavy atom. The Bertz CT molecular complexity index is 1110. The van der Waals surface area contributed by atoms with E-state index in [2.05, 4.69) is 16.1 Å². The van der Waals surface area contributed by atoms with Gasteiger partial charge in [0.1, 0.15) is 11.5 Å². The van der Waals surface area contributed by atoms with Crippen molar-refractivity contribution in [3.63, 3.8) is 0 Å². The fraction of sp³-hybridized carbons (Fsp3) is 0.286. The molecule has 0 amide bonds. The minimum absolute atomic E-state index is 0.0176. The number of aliphatic hydroxyl groups is 1. The number of aliphatic imine (C=N–C) groups is 1. The molecule has 2 aromatic heterocycles. The van der Waals surface area contributed by atoms with Gasteiger partial charge >= 0.3 is 0 Å². The maximum absolute atomic E-state index is 14.2. The molecule has 1 N–H and O–H groups in total. The summed E-state index contributed by atoms with van der Waals surface area (Å²) in [7, 11) is 1.94. The first kappa shape index (κ1) is 16.9. The van der Waals surface area contributed by atoms with Crippen LogP contribution in [0.3, 0.4) is 0 Å². The first-order valence-electron chi connectivity index (χ1n) is 9.31. The van der Waals surface area contributed by atoms with E-state index in [0.29, 0.717) is 28.7 Å². The molecule has 1 aromatic carbocycles. The third-order valence-corrected chi connectivity index (χ3v) is 5.31. The van der Waals surface area contributed by atoms with Crippen LogP contribution in [-0.2, 0) is 6.54 Å². The molecule has 1 radical (unpaired) electrons. The van der Waals surface area contributed by atoms with Crippen molar-refractivity contribution >= 4 is 16.9 Å². The number of aromatic nitrogens is 3. The van der Waals surface area contributed by atoms with Gasteiger partial charge in [-0.15, -0.1) is 0 Å². The lowest BCUT2D eigenvalue weighted by Gasteiger charge is -2.30. The van der Waals surface area contributed by atoms with E-state index in [1.54, 1.807) is 29.1 Å². The molecule has 28 heavy (non-hydrogen) atoms. The van der Waals surface area contributed by atoms with Crippen LogP contribution in [-0.4, -0.2) is 43.7 Å². The van der Waals surface area contributed by atoms with Crippen molar-refractivity contribution in [3.8, 4) is 0 Å². The van der Waals surface area contributed by atoms with Gasteiger partial charge in [-0.2, -0.15) is 10.1 Å². The molecular weight excluding hydrogens is 357 g/mol. The highest BCUT2D eigenvalue weighted by atomic mass is 19.1. The van der Waals surface area contributed by atoms with Crippen molar-refractivity contribution in [2.75, 3.05) is 7.05 Å². The number of aliphatic hydroxyl groups excluding tert-OH is 1. The number of hydrogen-bond donors (Lipinski definition) is 1. The van der Waals surface area contributed by atoms with Gasteiger partial charge in [0.25, 0.3) is 0 Å². The van der Waals surface area contributed by atoms with Crippen LogP contribution in [0.2, 0.25) is 0 Å². The number of nitrogens with zero attached hydrogens (tertiary/aromatic N) is 5. The Kier molecular flexibility index (Phi) is 3.89. The Morgan fingerprint density at radius 2 is 2.04 bits per heavy atom. The molecule has 0 bridgehead atoms. The number of likely N-dealkylation sites (N-methyl/N-ethyl adjacent to an activating group) is 1. The summed E-state index contributed by atoms with van der Waals surface area (Å²) < 4.78 is 15.8. The Morgan fingerprint density at radius 1 is 1.21 bits per heavy atom. The van der Waals surface area contributed by atoms with E-state index < -0.39 is 0 Å². The predicted molar refractivity (Wildman–Crippen MR) is 103 cm³/mol. The molecule has 3 aromatic rings. The molecule has 0 saturated heterocycles. The Balaban J connectivity index is 1.61. The largest absolute Gasteiger partial charge is 0.493 e. The van der Waals surface area contributed by atoms with E-state index in [1.807, 2.05) is 24.1 Å². The summed E-state index contributed by atoms with van der Waals surface area (Å²) in [5, 5.41) is 15.7. The number of halogens is 1. The second-order valence-electron chi connectivity index (χ2n) is 7.27. The van der Waals surface area contributed by atoms with Gasteiger partial charge in [0.05, 0.1) is 18.0 Å². The average molecular weight is 376 g/mol. The number of hydrogen-bond acceptors (Lipinski definition) is 5. The maximum Gasteiger partial charge on any atom is 0.218 e. The lowest BCUT2D eigenvalue weighted by atomic mass is 10.1.